The Morgan fingerprint density at radius 3 is 2.47 bits per heavy atom. The minimum absolute atomic E-state index is 0.113. The first-order valence-electron chi connectivity index (χ1n) is 5.36. The molecule has 1 fully saturated rings. The summed E-state index contributed by atoms with van der Waals surface area (Å²) in [6, 6.07) is 1.02. The molecule has 6 nitrogen and oxygen atoms in total. The number of likely N-dealkylation sites (tertiary alicyclic amines) is 1. The van der Waals surface area contributed by atoms with E-state index in [2.05, 4.69) is 0 Å². The van der Waals surface area contributed by atoms with Crippen LogP contribution in [-0.2, 0) is 9.53 Å². The highest BCUT2D eigenvalue weighted by Gasteiger charge is 2.41. The fourth-order valence-corrected chi connectivity index (χ4v) is 1.69. The van der Waals surface area contributed by atoms with Gasteiger partial charge in [0.25, 0.3) is 0 Å². The molecule has 0 aromatic rings. The second-order valence-corrected chi connectivity index (χ2v) is 5.05. The number of carboxylic acids is 1. The number of ether oxygens (including phenoxy) is 1. The van der Waals surface area contributed by atoms with Crippen molar-refractivity contribution < 1.29 is 19.4 Å². The maximum Gasteiger partial charge on any atom is 0.411 e. The quantitative estimate of drug-likeness (QED) is 0.744. The maximum atomic E-state index is 11.8. The lowest BCUT2D eigenvalue weighted by Crippen LogP contribution is -2.43. The molecule has 1 heterocycles. The zero-order valence-corrected chi connectivity index (χ0v) is 10.1. The zero-order chi connectivity index (χ0) is 13.2. The van der Waals surface area contributed by atoms with E-state index >= 15 is 0 Å². The minimum atomic E-state index is -1.10. The Kier molecular flexibility index (Phi) is 3.61. The molecule has 0 aliphatic carbocycles. The summed E-state index contributed by atoms with van der Waals surface area (Å²) in [6.07, 6.45) is -0.520. The first-order chi connectivity index (χ1) is 7.74. The van der Waals surface area contributed by atoms with E-state index in [0.717, 1.165) is 4.90 Å². The van der Waals surface area contributed by atoms with Crippen molar-refractivity contribution in [1.82, 2.24) is 4.90 Å². The fourth-order valence-electron chi connectivity index (χ4n) is 1.69. The number of rotatable bonds is 1. The van der Waals surface area contributed by atoms with Crippen molar-refractivity contribution >= 4 is 12.1 Å². The lowest BCUT2D eigenvalue weighted by Gasteiger charge is -2.26. The molecule has 1 aliphatic heterocycles. The molecule has 94 valence electrons. The lowest BCUT2D eigenvalue weighted by atomic mass is 10.1. The highest BCUT2D eigenvalue weighted by molar-refractivity contribution is 5.81. The van der Waals surface area contributed by atoms with Gasteiger partial charge in [-0.05, 0) is 27.2 Å². The lowest BCUT2D eigenvalue weighted by molar-refractivity contribution is -0.142. The number of hydrogen-bond donors (Lipinski definition) is 1. The van der Waals surface area contributed by atoms with Gasteiger partial charge in [0, 0.05) is 6.54 Å². The van der Waals surface area contributed by atoms with E-state index in [-0.39, 0.29) is 13.0 Å². The monoisotopic (exact) mass is 240 g/mol. The van der Waals surface area contributed by atoms with Crippen LogP contribution in [0.3, 0.4) is 0 Å². The third kappa shape index (κ3) is 3.34. The summed E-state index contributed by atoms with van der Waals surface area (Å²) in [6.45, 7) is 5.23. The molecule has 2 atom stereocenters. The molecular weight excluding hydrogens is 224 g/mol. The molecule has 0 aromatic heterocycles. The van der Waals surface area contributed by atoms with Gasteiger partial charge in [-0.25, -0.2) is 9.59 Å². The third-order valence-corrected chi connectivity index (χ3v) is 2.40. The van der Waals surface area contributed by atoms with Gasteiger partial charge in [0.05, 0.1) is 12.0 Å². The predicted molar refractivity (Wildman–Crippen MR) is 58.1 cm³/mol. The predicted octanol–water partition coefficient (Wildman–Crippen LogP) is 1.22. The van der Waals surface area contributed by atoms with Crippen molar-refractivity contribution in [2.45, 2.75) is 38.8 Å². The van der Waals surface area contributed by atoms with Crippen molar-refractivity contribution in [2.75, 3.05) is 6.54 Å². The van der Waals surface area contributed by atoms with Crippen LogP contribution in [0.5, 0.6) is 0 Å². The van der Waals surface area contributed by atoms with E-state index in [1.54, 1.807) is 20.8 Å². The van der Waals surface area contributed by atoms with Gasteiger partial charge in [-0.2, -0.15) is 5.26 Å². The van der Waals surface area contributed by atoms with Gasteiger partial charge in [-0.3, -0.25) is 4.90 Å². The van der Waals surface area contributed by atoms with Crippen molar-refractivity contribution in [1.29, 1.82) is 5.26 Å². The normalized spacial score (nSPS) is 24.2. The average Bonchev–Trinajstić information content (AvgIpc) is 2.58. The van der Waals surface area contributed by atoms with Crippen LogP contribution in [0, 0.1) is 17.2 Å². The molecular formula is C11H16N2O4. The SMILES string of the molecule is CC(C)(C)OC(=O)N1C[C@H](C#N)CC1C(=O)O. The van der Waals surface area contributed by atoms with Gasteiger partial charge in [0.2, 0.25) is 0 Å². The smallest absolute Gasteiger partial charge is 0.411 e. The summed E-state index contributed by atoms with van der Waals surface area (Å²) >= 11 is 0. The molecule has 1 aliphatic rings. The van der Waals surface area contributed by atoms with Crippen LogP contribution < -0.4 is 0 Å². The third-order valence-electron chi connectivity index (χ3n) is 2.40. The summed E-state index contributed by atoms with van der Waals surface area (Å²) in [7, 11) is 0. The highest BCUT2D eigenvalue weighted by atomic mass is 16.6. The zero-order valence-electron chi connectivity index (χ0n) is 10.1. The topological polar surface area (TPSA) is 90.6 Å². The molecule has 0 bridgehead atoms. The first kappa shape index (κ1) is 13.3. The maximum absolute atomic E-state index is 11.8. The van der Waals surface area contributed by atoms with Gasteiger partial charge in [0.1, 0.15) is 11.6 Å². The molecule has 0 saturated carbocycles. The number of carbonyl (C=O) groups is 2. The molecule has 0 spiro atoms. The standard InChI is InChI=1S/C11H16N2O4/c1-11(2,3)17-10(16)13-6-7(5-12)4-8(13)9(14)15/h7-8H,4,6H2,1-3H3,(H,14,15)/t7-,8?/m0/s1. The first-order valence-corrected chi connectivity index (χ1v) is 5.36. The molecule has 1 rings (SSSR count). The van der Waals surface area contributed by atoms with E-state index in [1.807, 2.05) is 6.07 Å². The van der Waals surface area contributed by atoms with Crippen LogP contribution in [0.15, 0.2) is 0 Å². The number of nitrogens with zero attached hydrogens (tertiary/aromatic N) is 2. The van der Waals surface area contributed by atoms with Crippen molar-refractivity contribution in [3.8, 4) is 6.07 Å². The number of amides is 1. The van der Waals surface area contributed by atoms with Crippen LogP contribution >= 0.6 is 0 Å². The van der Waals surface area contributed by atoms with E-state index in [1.165, 1.54) is 0 Å². The van der Waals surface area contributed by atoms with Crippen molar-refractivity contribution in [2.24, 2.45) is 5.92 Å². The molecule has 6 heteroatoms. The van der Waals surface area contributed by atoms with Gasteiger partial charge in [0.15, 0.2) is 0 Å². The van der Waals surface area contributed by atoms with Crippen LogP contribution in [0.2, 0.25) is 0 Å². The van der Waals surface area contributed by atoms with Gasteiger partial charge in [-0.15, -0.1) is 0 Å². The minimum Gasteiger partial charge on any atom is -0.480 e. The second-order valence-electron chi connectivity index (χ2n) is 5.05. The molecule has 17 heavy (non-hydrogen) atoms. The fraction of sp³-hybridized carbons (Fsp3) is 0.727. The number of nitriles is 1. The van der Waals surface area contributed by atoms with E-state index < -0.39 is 29.6 Å². The summed E-state index contributed by atoms with van der Waals surface area (Å²) in [5, 5.41) is 17.8. The van der Waals surface area contributed by atoms with Crippen LogP contribution in [0.4, 0.5) is 4.79 Å². The Morgan fingerprint density at radius 2 is 2.06 bits per heavy atom. The van der Waals surface area contributed by atoms with Crippen LogP contribution in [-0.4, -0.2) is 40.3 Å². The Labute approximate surface area is 99.8 Å². The van der Waals surface area contributed by atoms with E-state index in [9.17, 15) is 9.59 Å². The average molecular weight is 240 g/mol. The number of aliphatic carboxylic acids is 1. The molecule has 0 radical (unpaired) electrons. The number of carbonyl (C=O) groups excluding carboxylic acids is 1. The molecule has 0 aromatic carbocycles. The van der Waals surface area contributed by atoms with Crippen molar-refractivity contribution in [3.63, 3.8) is 0 Å². The van der Waals surface area contributed by atoms with Crippen molar-refractivity contribution in [3.05, 3.63) is 0 Å². The summed E-state index contributed by atoms with van der Waals surface area (Å²) in [5.74, 6) is -1.54. The Morgan fingerprint density at radius 1 is 1.47 bits per heavy atom. The Hall–Kier alpha value is -1.77. The van der Waals surface area contributed by atoms with Crippen LogP contribution in [0.1, 0.15) is 27.2 Å². The van der Waals surface area contributed by atoms with Gasteiger partial charge in [-0.1, -0.05) is 0 Å². The Bertz CT molecular complexity index is 367. The van der Waals surface area contributed by atoms with E-state index in [4.69, 9.17) is 15.1 Å². The summed E-state index contributed by atoms with van der Waals surface area (Å²) < 4.78 is 5.11. The number of carboxylic acid groups (broad SMARTS) is 1. The second kappa shape index (κ2) is 4.62. The van der Waals surface area contributed by atoms with Gasteiger partial charge >= 0.3 is 12.1 Å². The highest BCUT2D eigenvalue weighted by Crippen LogP contribution is 2.25. The largest absolute Gasteiger partial charge is 0.480 e. The van der Waals surface area contributed by atoms with Crippen LogP contribution in [0.25, 0.3) is 0 Å². The Balaban J connectivity index is 2.78. The summed E-state index contributed by atoms with van der Waals surface area (Å²) in [4.78, 5) is 23.9. The number of hydrogen-bond acceptors (Lipinski definition) is 4. The molecule has 1 amide bonds. The molecule has 1 saturated heterocycles. The summed E-state index contributed by atoms with van der Waals surface area (Å²) in [5.41, 5.74) is -0.676. The van der Waals surface area contributed by atoms with E-state index in [0.29, 0.717) is 0 Å². The molecule has 1 N–H and O–H groups in total. The van der Waals surface area contributed by atoms with Gasteiger partial charge < -0.3 is 9.84 Å². The molecule has 1 unspecified atom stereocenters.